The van der Waals surface area contributed by atoms with E-state index < -0.39 is 0 Å². The van der Waals surface area contributed by atoms with Crippen molar-refractivity contribution in [1.29, 1.82) is 0 Å². The van der Waals surface area contributed by atoms with Crippen LogP contribution in [0.15, 0.2) is 12.4 Å². The average Bonchev–Trinajstić information content (AvgIpc) is 3.11. The molecule has 6 nitrogen and oxygen atoms in total. The highest BCUT2D eigenvalue weighted by Gasteiger charge is 2.34. The van der Waals surface area contributed by atoms with Crippen molar-refractivity contribution in [1.82, 2.24) is 14.9 Å². The summed E-state index contributed by atoms with van der Waals surface area (Å²) in [6.45, 7) is 2.33. The van der Waals surface area contributed by atoms with E-state index in [1.54, 1.807) is 0 Å². The second kappa shape index (κ2) is 4.46. The maximum Gasteiger partial charge on any atom is 0.145 e. The first-order chi connectivity index (χ1) is 8.35. The van der Waals surface area contributed by atoms with Crippen LogP contribution >= 0.6 is 0 Å². The fourth-order valence-corrected chi connectivity index (χ4v) is 2.40. The SMILES string of the molecule is NNc1cc(NC2CCN(C3CC3)C2)ncn1. The van der Waals surface area contributed by atoms with Gasteiger partial charge in [-0.1, -0.05) is 0 Å². The molecule has 2 heterocycles. The van der Waals surface area contributed by atoms with Crippen molar-refractivity contribution in [3.63, 3.8) is 0 Å². The van der Waals surface area contributed by atoms with Crippen LogP contribution in [0.5, 0.6) is 0 Å². The highest BCUT2D eigenvalue weighted by atomic mass is 15.3. The molecule has 2 fully saturated rings. The zero-order chi connectivity index (χ0) is 11.7. The van der Waals surface area contributed by atoms with Crippen LogP contribution in [0, 0.1) is 0 Å². The van der Waals surface area contributed by atoms with Gasteiger partial charge >= 0.3 is 0 Å². The van der Waals surface area contributed by atoms with Crippen molar-refractivity contribution in [3.05, 3.63) is 12.4 Å². The highest BCUT2D eigenvalue weighted by Crippen LogP contribution is 2.30. The number of nitrogens with two attached hydrogens (primary N) is 1. The molecule has 0 spiro atoms. The van der Waals surface area contributed by atoms with Crippen LogP contribution in [-0.2, 0) is 0 Å². The Hall–Kier alpha value is -1.40. The fourth-order valence-electron chi connectivity index (χ4n) is 2.40. The standard InChI is InChI=1S/C11H18N6/c12-16-11-5-10(13-7-14-11)15-8-3-4-17(6-8)9-1-2-9/h5,7-9H,1-4,6,12H2,(H2,13,14,15,16). The van der Waals surface area contributed by atoms with Crippen LogP contribution in [0.2, 0.25) is 0 Å². The van der Waals surface area contributed by atoms with E-state index in [0.717, 1.165) is 18.4 Å². The minimum atomic E-state index is 0.496. The van der Waals surface area contributed by atoms with Crippen molar-refractivity contribution >= 4 is 11.6 Å². The molecule has 1 atom stereocenters. The quantitative estimate of drug-likeness (QED) is 0.517. The van der Waals surface area contributed by atoms with Crippen LogP contribution < -0.4 is 16.6 Å². The number of nitrogens with zero attached hydrogens (tertiary/aromatic N) is 3. The molecule has 0 bridgehead atoms. The molecule has 1 aromatic heterocycles. The van der Waals surface area contributed by atoms with Gasteiger partial charge in [-0.2, -0.15) is 0 Å². The van der Waals surface area contributed by atoms with Gasteiger partial charge in [0.15, 0.2) is 0 Å². The molecular weight excluding hydrogens is 216 g/mol. The molecule has 1 aromatic rings. The number of aromatic nitrogens is 2. The van der Waals surface area contributed by atoms with E-state index >= 15 is 0 Å². The summed E-state index contributed by atoms with van der Waals surface area (Å²) in [5, 5.41) is 3.44. The number of rotatable bonds is 4. The molecule has 0 aromatic carbocycles. The lowest BCUT2D eigenvalue weighted by molar-refractivity contribution is 0.326. The number of hydrogen-bond acceptors (Lipinski definition) is 6. The summed E-state index contributed by atoms with van der Waals surface area (Å²) in [6.07, 6.45) is 5.46. The van der Waals surface area contributed by atoms with Gasteiger partial charge < -0.3 is 10.7 Å². The summed E-state index contributed by atoms with van der Waals surface area (Å²) in [4.78, 5) is 10.8. The first-order valence-electron chi connectivity index (χ1n) is 6.14. The first-order valence-corrected chi connectivity index (χ1v) is 6.14. The second-order valence-corrected chi connectivity index (χ2v) is 4.79. The van der Waals surface area contributed by atoms with E-state index in [0.29, 0.717) is 11.9 Å². The lowest BCUT2D eigenvalue weighted by atomic mass is 10.2. The van der Waals surface area contributed by atoms with Gasteiger partial charge in [-0.25, -0.2) is 15.8 Å². The zero-order valence-electron chi connectivity index (χ0n) is 9.76. The molecule has 6 heteroatoms. The van der Waals surface area contributed by atoms with Gasteiger partial charge in [0, 0.05) is 31.2 Å². The van der Waals surface area contributed by atoms with Gasteiger partial charge in [-0.15, -0.1) is 0 Å². The summed E-state index contributed by atoms with van der Waals surface area (Å²) in [6, 6.07) is 3.18. The molecule has 3 rings (SSSR count). The molecule has 0 radical (unpaired) electrons. The van der Waals surface area contributed by atoms with Crippen molar-refractivity contribution in [2.75, 3.05) is 23.8 Å². The predicted molar refractivity (Wildman–Crippen MR) is 66.5 cm³/mol. The Kier molecular flexibility index (Phi) is 2.82. The predicted octanol–water partition coefficient (Wildman–Crippen LogP) is 0.411. The fraction of sp³-hybridized carbons (Fsp3) is 0.636. The molecule has 1 aliphatic carbocycles. The average molecular weight is 234 g/mol. The summed E-state index contributed by atoms with van der Waals surface area (Å²) in [5.41, 5.74) is 2.53. The second-order valence-electron chi connectivity index (χ2n) is 4.79. The molecule has 4 N–H and O–H groups in total. The van der Waals surface area contributed by atoms with E-state index in [2.05, 4.69) is 25.6 Å². The van der Waals surface area contributed by atoms with E-state index in [1.807, 2.05) is 6.07 Å². The molecule has 1 saturated carbocycles. The van der Waals surface area contributed by atoms with Crippen LogP contribution in [0.1, 0.15) is 19.3 Å². The molecule has 2 aliphatic rings. The third-order valence-electron chi connectivity index (χ3n) is 3.45. The van der Waals surface area contributed by atoms with E-state index in [1.165, 1.54) is 32.1 Å². The van der Waals surface area contributed by atoms with E-state index in [4.69, 9.17) is 5.84 Å². The molecule has 1 unspecified atom stereocenters. The topological polar surface area (TPSA) is 79.1 Å². The summed E-state index contributed by atoms with van der Waals surface area (Å²) in [5.74, 6) is 6.80. The lowest BCUT2D eigenvalue weighted by Gasteiger charge is -2.16. The van der Waals surface area contributed by atoms with Gasteiger partial charge in [-0.3, -0.25) is 4.90 Å². The van der Waals surface area contributed by atoms with Crippen molar-refractivity contribution < 1.29 is 0 Å². The summed E-state index contributed by atoms with van der Waals surface area (Å²) >= 11 is 0. The Labute approximate surface area is 101 Å². The maximum absolute atomic E-state index is 5.32. The van der Waals surface area contributed by atoms with Gasteiger partial charge in [0.2, 0.25) is 0 Å². The molecular formula is C11H18N6. The Morgan fingerprint density at radius 3 is 2.82 bits per heavy atom. The Morgan fingerprint density at radius 2 is 2.06 bits per heavy atom. The van der Waals surface area contributed by atoms with Gasteiger partial charge in [0.25, 0.3) is 0 Å². The molecule has 1 aliphatic heterocycles. The minimum absolute atomic E-state index is 0.496. The van der Waals surface area contributed by atoms with Crippen LogP contribution in [-0.4, -0.2) is 40.0 Å². The Morgan fingerprint density at radius 1 is 1.24 bits per heavy atom. The smallest absolute Gasteiger partial charge is 0.145 e. The van der Waals surface area contributed by atoms with Crippen LogP contribution in [0.3, 0.4) is 0 Å². The summed E-state index contributed by atoms with van der Waals surface area (Å²) < 4.78 is 0. The summed E-state index contributed by atoms with van der Waals surface area (Å²) in [7, 11) is 0. The van der Waals surface area contributed by atoms with Gasteiger partial charge in [0.05, 0.1) is 0 Å². The monoisotopic (exact) mass is 234 g/mol. The third-order valence-corrected chi connectivity index (χ3v) is 3.45. The van der Waals surface area contributed by atoms with Crippen molar-refractivity contribution in [2.24, 2.45) is 5.84 Å². The number of nitrogens with one attached hydrogen (secondary N) is 2. The Bertz CT molecular complexity index is 391. The van der Waals surface area contributed by atoms with E-state index in [-0.39, 0.29) is 0 Å². The molecule has 0 amide bonds. The number of hydrogen-bond donors (Lipinski definition) is 3. The lowest BCUT2D eigenvalue weighted by Crippen LogP contribution is -2.28. The molecule has 1 saturated heterocycles. The largest absolute Gasteiger partial charge is 0.366 e. The van der Waals surface area contributed by atoms with Crippen LogP contribution in [0.25, 0.3) is 0 Å². The van der Waals surface area contributed by atoms with Gasteiger partial charge in [0.1, 0.15) is 18.0 Å². The molecule has 17 heavy (non-hydrogen) atoms. The first kappa shape index (κ1) is 10.7. The third kappa shape index (κ3) is 2.48. The van der Waals surface area contributed by atoms with Gasteiger partial charge in [-0.05, 0) is 19.3 Å². The van der Waals surface area contributed by atoms with E-state index in [9.17, 15) is 0 Å². The highest BCUT2D eigenvalue weighted by molar-refractivity contribution is 5.46. The number of hydrazine groups is 1. The number of anilines is 2. The van der Waals surface area contributed by atoms with Crippen molar-refractivity contribution in [3.8, 4) is 0 Å². The van der Waals surface area contributed by atoms with Crippen LogP contribution in [0.4, 0.5) is 11.6 Å². The normalized spacial score (nSPS) is 24.9. The zero-order valence-corrected chi connectivity index (χ0v) is 9.76. The minimum Gasteiger partial charge on any atom is -0.366 e. The maximum atomic E-state index is 5.32. The number of nitrogen functional groups attached to an aromatic ring is 1. The number of likely N-dealkylation sites (tertiary alicyclic amines) is 1. The Balaban J connectivity index is 1.59. The van der Waals surface area contributed by atoms with Crippen molar-refractivity contribution in [2.45, 2.75) is 31.3 Å². The molecule has 92 valence electrons.